The van der Waals surface area contributed by atoms with E-state index in [-0.39, 0.29) is 28.7 Å². The second-order valence-electron chi connectivity index (χ2n) is 4.87. The lowest BCUT2D eigenvalue weighted by Gasteiger charge is -2.26. The number of carboxylic acids is 1. The van der Waals surface area contributed by atoms with Crippen molar-refractivity contribution in [2.75, 3.05) is 31.7 Å². The molecule has 0 bridgehead atoms. The number of ether oxygens (including phenoxy) is 1. The Labute approximate surface area is 132 Å². The van der Waals surface area contributed by atoms with Crippen molar-refractivity contribution in [2.24, 2.45) is 5.92 Å². The van der Waals surface area contributed by atoms with Gasteiger partial charge >= 0.3 is 17.9 Å². The zero-order valence-corrected chi connectivity index (χ0v) is 12.9. The lowest BCUT2D eigenvalue weighted by atomic mass is 9.98. The third kappa shape index (κ3) is 4.28. The van der Waals surface area contributed by atoms with Crippen molar-refractivity contribution in [3.05, 3.63) is 0 Å². The zero-order chi connectivity index (χ0) is 16.8. The number of esters is 1. The molecular formula is C12H18N5O4S+. The molecule has 1 fully saturated rings. The smallest absolute Gasteiger partial charge is 0.333 e. The van der Waals surface area contributed by atoms with Gasteiger partial charge in [-0.15, -0.1) is 4.98 Å². The molecule has 0 aromatic carbocycles. The molecule has 9 nitrogen and oxygen atoms in total. The average molecular weight is 329 g/mol. The topological polar surface area (TPSA) is 133 Å². The standard InChI is InChI=1S/C12H17N5O4S/c1-21-9(20)7-3-2-4-17(5-7)11-14-10(13)15-12(16-11)22-6-8(18)19/h7H,2-6H2,1H3,(H,18,19)(H2,13,14,15,16)/p+1/i/hD. The van der Waals surface area contributed by atoms with E-state index >= 15 is 0 Å². The lowest BCUT2D eigenvalue weighted by molar-refractivity contribution is -0.846. The van der Waals surface area contributed by atoms with Crippen molar-refractivity contribution in [3.8, 4) is 0 Å². The number of hydrogen-bond donors (Lipinski definition) is 3. The van der Waals surface area contributed by atoms with E-state index < -0.39 is 5.97 Å². The molecule has 1 aromatic rings. The molecule has 0 saturated carbocycles. The van der Waals surface area contributed by atoms with Crippen molar-refractivity contribution >= 4 is 35.6 Å². The second-order valence-corrected chi connectivity index (χ2v) is 5.81. The molecule has 2 rings (SSSR count). The molecule has 2 atom stereocenters. The van der Waals surface area contributed by atoms with Crippen LogP contribution in [-0.4, -0.2) is 57.9 Å². The number of hydrogen-bond acceptors (Lipinski definition) is 8. The number of nitrogens with one attached hydrogen (secondary N) is 1. The van der Waals surface area contributed by atoms with E-state index in [0.717, 1.165) is 36.0 Å². The minimum atomic E-state index is -0.978. The molecule has 0 aliphatic carbocycles. The van der Waals surface area contributed by atoms with Crippen molar-refractivity contribution < 1.29 is 25.7 Å². The molecule has 0 radical (unpaired) electrons. The number of thioether (sulfide) groups is 1. The maximum absolute atomic E-state index is 11.7. The van der Waals surface area contributed by atoms with E-state index in [9.17, 15) is 9.59 Å². The molecule has 2 heterocycles. The van der Waals surface area contributed by atoms with Crippen LogP contribution in [0.5, 0.6) is 0 Å². The number of carbonyl (C=O) groups excluding carboxylic acids is 1. The van der Waals surface area contributed by atoms with E-state index in [1.165, 1.54) is 7.11 Å². The summed E-state index contributed by atoms with van der Waals surface area (Å²) in [6, 6.07) is 0. The minimum absolute atomic E-state index is 0.0515. The first-order chi connectivity index (χ1) is 11.0. The van der Waals surface area contributed by atoms with Crippen LogP contribution in [0.3, 0.4) is 0 Å². The molecule has 0 amide bonds. The molecule has 22 heavy (non-hydrogen) atoms. The number of piperidine rings is 1. The SMILES string of the molecule is [2H]Nc1nc(SCC(=O)O)nc([NH+]2CCCC(C(=O)OC)C2)n1. The Balaban J connectivity index is 2.18. The fourth-order valence-corrected chi connectivity index (χ4v) is 2.89. The Morgan fingerprint density at radius 1 is 1.55 bits per heavy atom. The summed E-state index contributed by atoms with van der Waals surface area (Å²) >= 11 is 0.958. The summed E-state index contributed by atoms with van der Waals surface area (Å²) in [6.07, 6.45) is 1.58. The predicted molar refractivity (Wildman–Crippen MR) is 77.7 cm³/mol. The van der Waals surface area contributed by atoms with Gasteiger partial charge in [0.05, 0.1) is 26.0 Å². The Bertz CT molecular complexity index is 591. The molecule has 0 spiro atoms. The van der Waals surface area contributed by atoms with Gasteiger partial charge in [-0.05, 0) is 12.8 Å². The van der Waals surface area contributed by atoms with Gasteiger partial charge in [-0.25, -0.2) is 0 Å². The molecule has 1 aliphatic heterocycles. The monoisotopic (exact) mass is 329 g/mol. The maximum atomic E-state index is 11.7. The molecule has 1 saturated heterocycles. The van der Waals surface area contributed by atoms with Gasteiger partial charge in [0.1, 0.15) is 5.92 Å². The number of nitrogens with zero attached hydrogens (tertiary/aromatic N) is 3. The van der Waals surface area contributed by atoms with Crippen molar-refractivity contribution in [1.29, 1.82) is 0 Å². The fraction of sp³-hybridized carbons (Fsp3) is 0.583. The largest absolute Gasteiger partial charge is 0.481 e. The number of aliphatic carboxylic acids is 1. The summed E-state index contributed by atoms with van der Waals surface area (Å²) in [7, 11) is 1.36. The number of rotatable bonds is 6. The Morgan fingerprint density at radius 2 is 2.36 bits per heavy atom. The molecule has 1 aliphatic rings. The van der Waals surface area contributed by atoms with Gasteiger partial charge in [-0.1, -0.05) is 11.8 Å². The van der Waals surface area contributed by atoms with Gasteiger partial charge in [0.25, 0.3) is 0 Å². The first-order valence-electron chi connectivity index (χ1n) is 7.24. The third-order valence-corrected chi connectivity index (χ3v) is 4.15. The number of carboxylic acid groups (broad SMARTS) is 1. The highest BCUT2D eigenvalue weighted by Gasteiger charge is 2.32. The first-order valence-corrected chi connectivity index (χ1v) is 7.73. The minimum Gasteiger partial charge on any atom is -0.481 e. The molecule has 4 N–H and O–H groups in total. The van der Waals surface area contributed by atoms with E-state index in [4.69, 9.17) is 11.3 Å². The molecule has 10 heteroatoms. The number of aromatic nitrogens is 3. The molecule has 1 aromatic heterocycles. The van der Waals surface area contributed by atoms with Crippen LogP contribution in [0.4, 0.5) is 11.9 Å². The summed E-state index contributed by atoms with van der Waals surface area (Å²) in [5, 5.41) is 8.98. The van der Waals surface area contributed by atoms with Crippen LogP contribution in [0.2, 0.25) is 1.41 Å². The van der Waals surface area contributed by atoms with Gasteiger partial charge in [-0.3, -0.25) is 14.5 Å². The van der Waals surface area contributed by atoms with Crippen LogP contribution in [0.25, 0.3) is 0 Å². The first kappa shape index (κ1) is 15.0. The van der Waals surface area contributed by atoms with Gasteiger partial charge in [-0.2, -0.15) is 9.97 Å². The number of nitrogen functional groups attached to an aromatic ring is 1. The highest BCUT2D eigenvalue weighted by molar-refractivity contribution is 7.99. The van der Waals surface area contributed by atoms with Crippen LogP contribution in [0.1, 0.15) is 12.8 Å². The normalized spacial score (nSPS) is 21.8. The van der Waals surface area contributed by atoms with Gasteiger partial charge in [0, 0.05) is 0 Å². The lowest BCUT2D eigenvalue weighted by Crippen LogP contribution is -3.09. The molecule has 120 valence electrons. The quantitative estimate of drug-likeness (QED) is 0.431. The Morgan fingerprint density at radius 3 is 3.05 bits per heavy atom. The maximum Gasteiger partial charge on any atom is 0.333 e. The van der Waals surface area contributed by atoms with E-state index in [1.807, 2.05) is 0 Å². The molecule has 2 unspecified atom stereocenters. The van der Waals surface area contributed by atoms with Crippen LogP contribution >= 0.6 is 11.8 Å². The van der Waals surface area contributed by atoms with Crippen LogP contribution in [0.15, 0.2) is 5.16 Å². The third-order valence-electron chi connectivity index (χ3n) is 3.31. The Kier molecular flexibility index (Phi) is 5.01. The predicted octanol–water partition coefficient (Wildman–Crippen LogP) is -1.27. The van der Waals surface area contributed by atoms with E-state index in [2.05, 4.69) is 20.7 Å². The van der Waals surface area contributed by atoms with Gasteiger partial charge in [0.2, 0.25) is 5.95 Å². The van der Waals surface area contributed by atoms with Crippen LogP contribution in [-0.2, 0) is 14.3 Å². The number of methoxy groups -OCH3 is 1. The van der Waals surface area contributed by atoms with E-state index in [0.29, 0.717) is 12.5 Å². The second kappa shape index (κ2) is 7.36. The summed E-state index contributed by atoms with van der Waals surface area (Å²) in [5.41, 5.74) is 2.10. The van der Waals surface area contributed by atoms with Crippen LogP contribution < -0.4 is 10.6 Å². The average Bonchev–Trinajstić information content (AvgIpc) is 2.59. The van der Waals surface area contributed by atoms with Gasteiger partial charge < -0.3 is 15.6 Å². The van der Waals surface area contributed by atoms with Gasteiger partial charge in [0.15, 0.2) is 6.57 Å². The summed E-state index contributed by atoms with van der Waals surface area (Å²) in [4.78, 5) is 35.6. The summed E-state index contributed by atoms with van der Waals surface area (Å²) in [5.74, 6) is -1.18. The highest BCUT2D eigenvalue weighted by atomic mass is 32.2. The van der Waals surface area contributed by atoms with E-state index in [1.54, 1.807) is 0 Å². The fourth-order valence-electron chi connectivity index (χ4n) is 2.34. The summed E-state index contributed by atoms with van der Waals surface area (Å²) < 4.78 is 12.0. The number of carbonyl (C=O) groups is 2. The van der Waals surface area contributed by atoms with Crippen molar-refractivity contribution in [2.45, 2.75) is 18.0 Å². The van der Waals surface area contributed by atoms with Crippen molar-refractivity contribution in [3.63, 3.8) is 0 Å². The molecular weight excluding hydrogens is 310 g/mol. The zero-order valence-electron chi connectivity index (χ0n) is 13.0. The number of quaternary nitrogens is 1. The number of anilines is 1. The summed E-state index contributed by atoms with van der Waals surface area (Å²) in [6.45, 7) is 1.25. The Hall–Kier alpha value is -1.94. The van der Waals surface area contributed by atoms with Crippen LogP contribution in [0, 0.1) is 5.92 Å². The number of nitrogens with two attached hydrogens (primary N) is 1. The highest BCUT2D eigenvalue weighted by Crippen LogP contribution is 2.15. The van der Waals surface area contributed by atoms with Crippen molar-refractivity contribution in [1.82, 2.24) is 15.0 Å².